The lowest BCUT2D eigenvalue weighted by atomic mass is 9.96. The number of benzene rings is 3. The molecule has 3 heterocycles. The lowest BCUT2D eigenvalue weighted by Crippen LogP contribution is -2.38. The number of morpholine rings is 1. The summed E-state index contributed by atoms with van der Waals surface area (Å²) in [5.74, 6) is 1.61. The molecule has 3 aromatic carbocycles. The van der Waals surface area contributed by atoms with Gasteiger partial charge in [-0.1, -0.05) is 23.7 Å². The average Bonchev–Trinajstić information content (AvgIpc) is 3.31. The minimum Gasteiger partial charge on any atom is -0.492 e. The summed E-state index contributed by atoms with van der Waals surface area (Å²) in [4.78, 5) is 15.9. The molecule has 1 fully saturated rings. The van der Waals surface area contributed by atoms with Gasteiger partial charge < -0.3 is 18.6 Å². The van der Waals surface area contributed by atoms with Crippen molar-refractivity contribution in [2.24, 2.45) is 0 Å². The molecule has 2 aliphatic heterocycles. The fourth-order valence-electron chi connectivity index (χ4n) is 4.75. The van der Waals surface area contributed by atoms with Gasteiger partial charge in [0.25, 0.3) is 0 Å². The van der Waals surface area contributed by atoms with Gasteiger partial charge in [0.05, 0.1) is 19.5 Å². The second-order valence-electron chi connectivity index (χ2n) is 9.12. The zero-order valence-corrected chi connectivity index (χ0v) is 21.0. The first-order valence-corrected chi connectivity index (χ1v) is 12.8. The number of ketones is 1. The van der Waals surface area contributed by atoms with Gasteiger partial charge in [-0.15, -0.1) is 0 Å². The van der Waals surface area contributed by atoms with Crippen LogP contribution in [0.25, 0.3) is 22.1 Å². The highest BCUT2D eigenvalue weighted by molar-refractivity contribution is 6.30. The quantitative estimate of drug-likeness (QED) is 0.275. The summed E-state index contributed by atoms with van der Waals surface area (Å²) in [7, 11) is 0. The fourth-order valence-corrected chi connectivity index (χ4v) is 4.87. The molecule has 0 unspecified atom stereocenters. The maximum atomic E-state index is 13.6. The Morgan fingerprint density at radius 2 is 1.78 bits per heavy atom. The number of carbonyl (C=O) groups is 1. The zero-order chi connectivity index (χ0) is 25.2. The molecule has 37 heavy (non-hydrogen) atoms. The number of allylic oxidation sites excluding steroid dienone is 1. The van der Waals surface area contributed by atoms with Crippen LogP contribution in [-0.4, -0.2) is 50.1 Å². The molecule has 6 nitrogen and oxygen atoms in total. The van der Waals surface area contributed by atoms with Gasteiger partial charge in [0.15, 0.2) is 5.76 Å². The Kier molecular flexibility index (Phi) is 6.70. The molecule has 7 heteroatoms. The predicted molar refractivity (Wildman–Crippen MR) is 143 cm³/mol. The van der Waals surface area contributed by atoms with Gasteiger partial charge in [0.1, 0.15) is 23.7 Å². The standard InChI is InChI=1S/C30H26ClNO5/c31-23-7-3-21(4-8-23)29(33)30-28(25-18-22-2-1-14-36-26(22)19-27(25)37-30)20-5-9-24(10-6-20)35-17-13-32-11-15-34-16-12-32/h1,3-10,14,18-19H,2,11-13,15-17H2. The van der Waals surface area contributed by atoms with E-state index < -0.39 is 0 Å². The summed E-state index contributed by atoms with van der Waals surface area (Å²) >= 11 is 6.05. The molecule has 2 aliphatic rings. The maximum absolute atomic E-state index is 13.6. The highest BCUT2D eigenvalue weighted by Gasteiger charge is 2.25. The van der Waals surface area contributed by atoms with Crippen molar-refractivity contribution in [3.63, 3.8) is 0 Å². The highest BCUT2D eigenvalue weighted by Crippen LogP contribution is 2.40. The van der Waals surface area contributed by atoms with Crippen molar-refractivity contribution < 1.29 is 23.4 Å². The van der Waals surface area contributed by atoms with Crippen molar-refractivity contribution >= 4 is 28.4 Å². The average molecular weight is 516 g/mol. The molecule has 0 atom stereocenters. The van der Waals surface area contributed by atoms with Crippen LogP contribution in [0.15, 0.2) is 77.4 Å². The third-order valence-electron chi connectivity index (χ3n) is 6.74. The summed E-state index contributed by atoms with van der Waals surface area (Å²) in [6.07, 6.45) is 4.40. The van der Waals surface area contributed by atoms with Crippen molar-refractivity contribution in [2.45, 2.75) is 6.42 Å². The third kappa shape index (κ3) is 5.01. The number of halogens is 1. The Morgan fingerprint density at radius 1 is 1.00 bits per heavy atom. The van der Waals surface area contributed by atoms with Crippen molar-refractivity contribution in [3.8, 4) is 22.6 Å². The van der Waals surface area contributed by atoms with Gasteiger partial charge in [-0.25, -0.2) is 0 Å². The second-order valence-corrected chi connectivity index (χ2v) is 9.56. The van der Waals surface area contributed by atoms with Crippen molar-refractivity contribution in [2.75, 3.05) is 39.5 Å². The van der Waals surface area contributed by atoms with E-state index in [2.05, 4.69) is 11.0 Å². The number of hydrogen-bond acceptors (Lipinski definition) is 6. The minimum atomic E-state index is -0.203. The lowest BCUT2D eigenvalue weighted by Gasteiger charge is -2.26. The Morgan fingerprint density at radius 3 is 2.57 bits per heavy atom. The van der Waals surface area contributed by atoms with Crippen LogP contribution in [-0.2, 0) is 11.2 Å². The number of rotatable bonds is 7. The molecule has 0 radical (unpaired) electrons. The van der Waals surface area contributed by atoms with Crippen LogP contribution in [0.5, 0.6) is 11.5 Å². The summed E-state index contributed by atoms with van der Waals surface area (Å²) in [6, 6.07) is 18.6. The molecule has 0 bridgehead atoms. The molecule has 0 aliphatic carbocycles. The van der Waals surface area contributed by atoms with Crippen LogP contribution in [0, 0.1) is 0 Å². The first-order valence-electron chi connectivity index (χ1n) is 12.4. The van der Waals surface area contributed by atoms with E-state index in [0.717, 1.165) is 72.8 Å². The fraction of sp³-hybridized carbons (Fsp3) is 0.233. The summed E-state index contributed by atoms with van der Waals surface area (Å²) in [6.45, 7) is 4.88. The largest absolute Gasteiger partial charge is 0.492 e. The smallest absolute Gasteiger partial charge is 0.228 e. The van der Waals surface area contributed by atoms with Crippen LogP contribution >= 0.6 is 11.6 Å². The Labute approximate surface area is 220 Å². The molecule has 6 rings (SSSR count). The SMILES string of the molecule is O=C(c1ccc(Cl)cc1)c1oc2cc3c(cc2c1-c1ccc(OCCN2CCOCC2)cc1)CC=CO3. The number of carbonyl (C=O) groups excluding carboxylic acids is 1. The molecule has 0 saturated carbocycles. The Bertz CT molecular complexity index is 1450. The molecular weight excluding hydrogens is 490 g/mol. The first kappa shape index (κ1) is 23.8. The Balaban J connectivity index is 1.33. The van der Waals surface area contributed by atoms with E-state index in [9.17, 15) is 4.79 Å². The van der Waals surface area contributed by atoms with Crippen LogP contribution in [0.1, 0.15) is 21.7 Å². The minimum absolute atomic E-state index is 0.203. The third-order valence-corrected chi connectivity index (χ3v) is 6.99. The molecule has 1 saturated heterocycles. The normalized spacial score (nSPS) is 15.4. The lowest BCUT2D eigenvalue weighted by molar-refractivity contribution is 0.0322. The highest BCUT2D eigenvalue weighted by atomic mass is 35.5. The predicted octanol–water partition coefficient (Wildman–Crippen LogP) is 6.14. The van der Waals surface area contributed by atoms with Crippen LogP contribution in [0.2, 0.25) is 5.02 Å². The number of nitrogens with zero attached hydrogens (tertiary/aromatic N) is 1. The molecule has 0 N–H and O–H groups in total. The van der Waals surface area contributed by atoms with Gasteiger partial charge in [-0.3, -0.25) is 9.69 Å². The van der Waals surface area contributed by atoms with Crippen molar-refractivity contribution in [1.82, 2.24) is 4.90 Å². The van der Waals surface area contributed by atoms with E-state index in [4.69, 9.17) is 30.2 Å². The van der Waals surface area contributed by atoms with Crippen LogP contribution in [0.3, 0.4) is 0 Å². The van der Waals surface area contributed by atoms with E-state index in [1.54, 1.807) is 30.5 Å². The van der Waals surface area contributed by atoms with Crippen LogP contribution < -0.4 is 9.47 Å². The van der Waals surface area contributed by atoms with E-state index in [-0.39, 0.29) is 11.5 Å². The molecule has 188 valence electrons. The summed E-state index contributed by atoms with van der Waals surface area (Å²) in [5.41, 5.74) is 3.80. The number of fused-ring (bicyclic) bond motifs is 2. The molecule has 0 amide bonds. The van der Waals surface area contributed by atoms with Gasteiger partial charge in [-0.05, 0) is 66.1 Å². The number of ether oxygens (including phenoxy) is 3. The zero-order valence-electron chi connectivity index (χ0n) is 20.2. The van der Waals surface area contributed by atoms with E-state index >= 15 is 0 Å². The molecule has 4 aromatic rings. The van der Waals surface area contributed by atoms with Crippen LogP contribution in [0.4, 0.5) is 0 Å². The van der Waals surface area contributed by atoms with Gasteiger partial charge in [0, 0.05) is 47.2 Å². The molecule has 0 spiro atoms. The maximum Gasteiger partial charge on any atom is 0.228 e. The molecule has 1 aromatic heterocycles. The summed E-state index contributed by atoms with van der Waals surface area (Å²) < 4.78 is 23.3. The van der Waals surface area contributed by atoms with Gasteiger partial charge in [-0.2, -0.15) is 0 Å². The van der Waals surface area contributed by atoms with E-state index in [1.165, 1.54) is 0 Å². The van der Waals surface area contributed by atoms with Gasteiger partial charge in [0.2, 0.25) is 5.78 Å². The number of furan rings is 1. The monoisotopic (exact) mass is 515 g/mol. The number of hydrogen-bond donors (Lipinski definition) is 0. The topological polar surface area (TPSA) is 61.1 Å². The van der Waals surface area contributed by atoms with Crippen molar-refractivity contribution in [1.29, 1.82) is 0 Å². The Hall–Kier alpha value is -3.58. The van der Waals surface area contributed by atoms with Gasteiger partial charge >= 0.3 is 0 Å². The van der Waals surface area contributed by atoms with E-state index in [1.807, 2.05) is 36.4 Å². The molecular formula is C30H26ClNO5. The van der Waals surface area contributed by atoms with E-state index in [0.29, 0.717) is 22.8 Å². The van der Waals surface area contributed by atoms with Crippen molar-refractivity contribution in [3.05, 3.63) is 94.9 Å². The first-order chi connectivity index (χ1) is 18.2. The summed E-state index contributed by atoms with van der Waals surface area (Å²) in [5, 5.41) is 1.44. The second kappa shape index (κ2) is 10.4.